The molecule has 0 saturated heterocycles. The van der Waals surface area contributed by atoms with Gasteiger partial charge in [-0.2, -0.15) is 4.39 Å². The SMILES string of the molecule is CCCC1CCC(c2ccc(-c3ccc(OC[Si](C)(C)O[Si](C)(C)CCC(C)CC)c(F)c3F)cc2)CC1. The van der Waals surface area contributed by atoms with Crippen LogP contribution in [-0.2, 0) is 4.12 Å². The maximum atomic E-state index is 15.2. The Kier molecular flexibility index (Phi) is 11.2. The van der Waals surface area contributed by atoms with E-state index in [1.54, 1.807) is 12.1 Å². The van der Waals surface area contributed by atoms with E-state index in [1.807, 2.05) is 12.1 Å². The topological polar surface area (TPSA) is 18.5 Å². The highest BCUT2D eigenvalue weighted by Gasteiger charge is 2.34. The van der Waals surface area contributed by atoms with E-state index in [1.165, 1.54) is 56.9 Å². The molecule has 1 aliphatic rings. The minimum Gasteiger partial charge on any atom is -0.491 e. The summed E-state index contributed by atoms with van der Waals surface area (Å²) in [6.45, 7) is 15.5. The van der Waals surface area contributed by atoms with Crippen molar-refractivity contribution < 1.29 is 17.6 Å². The Morgan fingerprint density at radius 2 is 1.53 bits per heavy atom. The lowest BCUT2D eigenvalue weighted by Crippen LogP contribution is -2.48. The van der Waals surface area contributed by atoms with Crippen molar-refractivity contribution in [3.8, 4) is 16.9 Å². The summed E-state index contributed by atoms with van der Waals surface area (Å²) in [6.07, 6.45) is 10.3. The van der Waals surface area contributed by atoms with E-state index in [0.717, 1.165) is 12.0 Å². The van der Waals surface area contributed by atoms with Crippen LogP contribution in [0.25, 0.3) is 11.1 Å². The van der Waals surface area contributed by atoms with Crippen LogP contribution in [0, 0.1) is 23.5 Å². The molecule has 0 amide bonds. The summed E-state index contributed by atoms with van der Waals surface area (Å²) >= 11 is 0. The number of halogens is 2. The van der Waals surface area contributed by atoms with E-state index >= 15 is 8.78 Å². The number of ether oxygens (including phenoxy) is 1. The Bertz CT molecular complexity index is 1010. The molecule has 1 unspecified atom stereocenters. The fraction of sp³-hybridized carbons (Fsp3) is 0.625. The van der Waals surface area contributed by atoms with Gasteiger partial charge in [0.1, 0.15) is 6.23 Å². The Morgan fingerprint density at radius 1 is 0.868 bits per heavy atom. The van der Waals surface area contributed by atoms with Crippen LogP contribution in [0.3, 0.4) is 0 Å². The second-order valence-corrected chi connectivity index (χ2v) is 21.5. The van der Waals surface area contributed by atoms with Crippen LogP contribution in [0.5, 0.6) is 5.75 Å². The van der Waals surface area contributed by atoms with Gasteiger partial charge in [-0.1, -0.05) is 70.7 Å². The Balaban J connectivity index is 1.61. The monoisotopic (exact) mass is 560 g/mol. The van der Waals surface area contributed by atoms with Crippen molar-refractivity contribution in [3.05, 3.63) is 53.6 Å². The van der Waals surface area contributed by atoms with Crippen LogP contribution in [0.1, 0.15) is 83.6 Å². The normalized spacial score (nSPS) is 19.4. The molecule has 212 valence electrons. The third-order valence-electron chi connectivity index (χ3n) is 8.35. The van der Waals surface area contributed by atoms with Gasteiger partial charge in [0, 0.05) is 5.56 Å². The smallest absolute Gasteiger partial charge is 0.213 e. The summed E-state index contributed by atoms with van der Waals surface area (Å²) in [5.74, 6) is 0.347. The van der Waals surface area contributed by atoms with Gasteiger partial charge in [-0.3, -0.25) is 0 Å². The fourth-order valence-corrected chi connectivity index (χ4v) is 14.2. The zero-order valence-electron chi connectivity index (χ0n) is 24.8. The van der Waals surface area contributed by atoms with Gasteiger partial charge in [-0.25, -0.2) is 4.39 Å². The first-order chi connectivity index (χ1) is 17.9. The predicted molar refractivity (Wildman–Crippen MR) is 162 cm³/mol. The van der Waals surface area contributed by atoms with Crippen LogP contribution in [0.2, 0.25) is 32.2 Å². The molecule has 0 spiro atoms. The van der Waals surface area contributed by atoms with Gasteiger partial charge < -0.3 is 8.85 Å². The minimum absolute atomic E-state index is 0.0324. The molecule has 3 rings (SSSR count). The van der Waals surface area contributed by atoms with Crippen molar-refractivity contribution in [3.63, 3.8) is 0 Å². The largest absolute Gasteiger partial charge is 0.491 e. The van der Waals surface area contributed by atoms with E-state index < -0.39 is 28.3 Å². The Morgan fingerprint density at radius 3 is 2.13 bits per heavy atom. The highest BCUT2D eigenvalue weighted by atomic mass is 28.4. The molecule has 38 heavy (non-hydrogen) atoms. The average Bonchev–Trinajstić information content (AvgIpc) is 2.88. The number of hydrogen-bond acceptors (Lipinski definition) is 2. The standard InChI is InChI=1S/C32H50F2O2Si2/c1-8-10-25-11-13-26(14-12-25)27-15-17-28(18-16-27)29-19-20-30(32(34)31(29)33)35-23-38(6,7)36-37(4,5)22-21-24(3)9-2/h15-20,24-26H,8-14,21-23H2,1-7H3. The van der Waals surface area contributed by atoms with E-state index in [0.29, 0.717) is 23.6 Å². The van der Waals surface area contributed by atoms with Gasteiger partial charge in [0.25, 0.3) is 0 Å². The third kappa shape index (κ3) is 8.75. The number of rotatable bonds is 13. The summed E-state index contributed by atoms with van der Waals surface area (Å²) in [6, 6.07) is 12.4. The third-order valence-corrected chi connectivity index (χ3v) is 15.1. The van der Waals surface area contributed by atoms with Crippen LogP contribution in [0.4, 0.5) is 8.78 Å². The summed E-state index contributed by atoms with van der Waals surface area (Å²) in [4.78, 5) is 0. The first-order valence-corrected chi connectivity index (χ1v) is 21.1. The Hall–Kier alpha value is -1.51. The van der Waals surface area contributed by atoms with Crippen LogP contribution >= 0.6 is 0 Å². The second kappa shape index (κ2) is 13.7. The molecule has 0 bridgehead atoms. The summed E-state index contributed by atoms with van der Waals surface area (Å²) in [5, 5.41) is 0. The maximum absolute atomic E-state index is 15.2. The molecule has 2 aromatic carbocycles. The van der Waals surface area contributed by atoms with Crippen molar-refractivity contribution in [2.24, 2.45) is 11.8 Å². The van der Waals surface area contributed by atoms with Crippen molar-refractivity contribution in [2.45, 2.75) is 110 Å². The van der Waals surface area contributed by atoms with E-state index in [4.69, 9.17) is 8.85 Å². The molecule has 0 aromatic heterocycles. The highest BCUT2D eigenvalue weighted by molar-refractivity contribution is 6.84. The average molecular weight is 561 g/mol. The van der Waals surface area contributed by atoms with Crippen molar-refractivity contribution >= 4 is 16.6 Å². The van der Waals surface area contributed by atoms with Crippen molar-refractivity contribution in [1.82, 2.24) is 0 Å². The zero-order chi connectivity index (χ0) is 27.9. The van der Waals surface area contributed by atoms with E-state index in [2.05, 4.69) is 59.1 Å². The molecular formula is C32H50F2O2Si2. The first kappa shape index (κ1) is 31.0. The number of benzene rings is 2. The summed E-state index contributed by atoms with van der Waals surface area (Å²) in [7, 11) is -4.05. The molecule has 2 aromatic rings. The van der Waals surface area contributed by atoms with Crippen molar-refractivity contribution in [1.29, 1.82) is 0 Å². The summed E-state index contributed by atoms with van der Waals surface area (Å²) in [5.41, 5.74) is 2.29. The molecule has 0 aliphatic heterocycles. The predicted octanol–water partition coefficient (Wildman–Crippen LogP) is 10.5. The molecule has 2 nitrogen and oxygen atoms in total. The molecule has 1 aliphatic carbocycles. The van der Waals surface area contributed by atoms with E-state index in [-0.39, 0.29) is 11.3 Å². The lowest BCUT2D eigenvalue weighted by atomic mass is 9.77. The zero-order valence-corrected chi connectivity index (χ0v) is 26.8. The molecule has 0 heterocycles. The number of hydrogen-bond donors (Lipinski definition) is 0. The second-order valence-electron chi connectivity index (χ2n) is 12.8. The summed E-state index contributed by atoms with van der Waals surface area (Å²) < 4.78 is 42.7. The molecule has 0 radical (unpaired) electrons. The van der Waals surface area contributed by atoms with Crippen LogP contribution < -0.4 is 4.74 Å². The van der Waals surface area contributed by atoms with Gasteiger partial charge in [-0.05, 0) is 98.9 Å². The quantitative estimate of drug-likeness (QED) is 0.227. The van der Waals surface area contributed by atoms with Gasteiger partial charge in [-0.15, -0.1) is 0 Å². The highest BCUT2D eigenvalue weighted by Crippen LogP contribution is 2.38. The molecule has 1 saturated carbocycles. The van der Waals surface area contributed by atoms with Gasteiger partial charge >= 0.3 is 0 Å². The molecular weight excluding hydrogens is 511 g/mol. The fourth-order valence-electron chi connectivity index (χ4n) is 5.87. The van der Waals surface area contributed by atoms with Gasteiger partial charge in [0.05, 0.1) is 0 Å². The van der Waals surface area contributed by atoms with Crippen molar-refractivity contribution in [2.75, 3.05) is 6.23 Å². The lowest BCUT2D eigenvalue weighted by Gasteiger charge is -2.34. The maximum Gasteiger partial charge on any atom is 0.213 e. The van der Waals surface area contributed by atoms with Crippen LogP contribution in [0.15, 0.2) is 36.4 Å². The van der Waals surface area contributed by atoms with Gasteiger partial charge in [0.15, 0.2) is 19.9 Å². The van der Waals surface area contributed by atoms with Gasteiger partial charge in [0.2, 0.25) is 14.1 Å². The molecule has 1 fully saturated rings. The molecule has 6 heteroatoms. The molecule has 0 N–H and O–H groups in total. The Labute approximate surface area is 232 Å². The molecule has 1 atom stereocenters. The van der Waals surface area contributed by atoms with Crippen LogP contribution in [-0.4, -0.2) is 22.9 Å². The first-order valence-electron chi connectivity index (χ1n) is 14.9. The van der Waals surface area contributed by atoms with E-state index in [9.17, 15) is 0 Å². The lowest BCUT2D eigenvalue weighted by molar-refractivity contribution is 0.308. The minimum atomic E-state index is -2.20.